The SMILES string of the molecule is COc1cnn(C(C)C)c1C(N)c1c(Cl)cccc1Cl. The number of ether oxygens (including phenoxy) is 1. The molecule has 1 aromatic carbocycles. The zero-order chi connectivity index (χ0) is 14.9. The second-order valence-electron chi connectivity index (χ2n) is 4.75. The summed E-state index contributed by atoms with van der Waals surface area (Å²) in [6, 6.07) is 4.98. The van der Waals surface area contributed by atoms with Gasteiger partial charge in [0.2, 0.25) is 0 Å². The molecule has 6 heteroatoms. The molecule has 0 bridgehead atoms. The molecule has 20 heavy (non-hydrogen) atoms. The quantitative estimate of drug-likeness (QED) is 0.933. The van der Waals surface area contributed by atoms with E-state index in [9.17, 15) is 0 Å². The van der Waals surface area contributed by atoms with Gasteiger partial charge in [0.15, 0.2) is 5.75 Å². The summed E-state index contributed by atoms with van der Waals surface area (Å²) in [5, 5.41) is 5.38. The maximum atomic E-state index is 6.37. The van der Waals surface area contributed by atoms with Crippen LogP contribution in [0.1, 0.15) is 37.2 Å². The molecule has 1 heterocycles. The van der Waals surface area contributed by atoms with Gasteiger partial charge in [0.05, 0.1) is 19.3 Å². The van der Waals surface area contributed by atoms with Crippen molar-refractivity contribution in [3.05, 3.63) is 45.7 Å². The van der Waals surface area contributed by atoms with Gasteiger partial charge in [-0.15, -0.1) is 0 Å². The number of benzene rings is 1. The first-order valence-corrected chi connectivity index (χ1v) is 7.03. The Balaban J connectivity index is 2.58. The van der Waals surface area contributed by atoms with E-state index >= 15 is 0 Å². The van der Waals surface area contributed by atoms with E-state index in [-0.39, 0.29) is 6.04 Å². The molecular formula is C14H17Cl2N3O. The number of methoxy groups -OCH3 is 1. The summed E-state index contributed by atoms with van der Waals surface area (Å²) in [6.07, 6.45) is 1.65. The Morgan fingerprint density at radius 1 is 1.25 bits per heavy atom. The van der Waals surface area contributed by atoms with Crippen LogP contribution in [0.3, 0.4) is 0 Å². The van der Waals surface area contributed by atoms with E-state index in [4.69, 9.17) is 33.7 Å². The van der Waals surface area contributed by atoms with Gasteiger partial charge >= 0.3 is 0 Å². The van der Waals surface area contributed by atoms with Crippen LogP contribution in [0.5, 0.6) is 5.75 Å². The Morgan fingerprint density at radius 2 is 1.85 bits per heavy atom. The van der Waals surface area contributed by atoms with Crippen molar-refractivity contribution in [2.75, 3.05) is 7.11 Å². The van der Waals surface area contributed by atoms with Crippen LogP contribution in [0, 0.1) is 0 Å². The summed E-state index contributed by atoms with van der Waals surface area (Å²) in [6.45, 7) is 4.05. The molecule has 4 nitrogen and oxygen atoms in total. The molecule has 1 aromatic heterocycles. The van der Waals surface area contributed by atoms with Gasteiger partial charge in [-0.2, -0.15) is 5.10 Å². The van der Waals surface area contributed by atoms with E-state index in [0.29, 0.717) is 21.4 Å². The Morgan fingerprint density at radius 3 is 2.35 bits per heavy atom. The Hall–Kier alpha value is -1.23. The predicted octanol–water partition coefficient (Wildman–Crippen LogP) is 3.83. The van der Waals surface area contributed by atoms with Gasteiger partial charge in [0.1, 0.15) is 5.69 Å². The van der Waals surface area contributed by atoms with Crippen molar-refractivity contribution in [2.24, 2.45) is 5.73 Å². The van der Waals surface area contributed by atoms with Gasteiger partial charge in [-0.05, 0) is 26.0 Å². The maximum absolute atomic E-state index is 6.37. The zero-order valence-corrected chi connectivity index (χ0v) is 13.1. The molecular weight excluding hydrogens is 297 g/mol. The summed E-state index contributed by atoms with van der Waals surface area (Å²) in [4.78, 5) is 0. The summed E-state index contributed by atoms with van der Waals surface area (Å²) < 4.78 is 7.17. The molecule has 0 aliphatic carbocycles. The fourth-order valence-corrected chi connectivity index (χ4v) is 2.80. The Kier molecular flexibility index (Phi) is 4.58. The molecule has 2 aromatic rings. The zero-order valence-electron chi connectivity index (χ0n) is 11.6. The standard InChI is InChI=1S/C14H17Cl2N3O/c1-8(2)19-14(11(20-3)7-18-19)13(17)12-9(15)5-4-6-10(12)16/h4-8,13H,17H2,1-3H3. The van der Waals surface area contributed by atoms with Gasteiger partial charge in [0.25, 0.3) is 0 Å². The van der Waals surface area contributed by atoms with Crippen LogP contribution < -0.4 is 10.5 Å². The lowest BCUT2D eigenvalue weighted by atomic mass is 10.0. The van der Waals surface area contributed by atoms with Crippen LogP contribution in [0.2, 0.25) is 10.0 Å². The molecule has 2 N–H and O–H groups in total. The summed E-state index contributed by atoms with van der Waals surface area (Å²) >= 11 is 12.5. The van der Waals surface area contributed by atoms with Gasteiger partial charge in [-0.1, -0.05) is 29.3 Å². The third-order valence-electron chi connectivity index (χ3n) is 3.11. The lowest BCUT2D eigenvalue weighted by molar-refractivity contribution is 0.401. The maximum Gasteiger partial charge on any atom is 0.161 e. The number of aromatic nitrogens is 2. The number of nitrogens with two attached hydrogens (primary N) is 1. The van der Waals surface area contributed by atoms with Crippen molar-refractivity contribution < 1.29 is 4.74 Å². The molecule has 0 radical (unpaired) electrons. The van der Waals surface area contributed by atoms with Crippen LogP contribution in [-0.2, 0) is 0 Å². The molecule has 1 unspecified atom stereocenters. The molecule has 0 amide bonds. The van der Waals surface area contributed by atoms with E-state index in [2.05, 4.69) is 5.10 Å². The lowest BCUT2D eigenvalue weighted by Crippen LogP contribution is -2.20. The molecule has 1 atom stereocenters. The fourth-order valence-electron chi connectivity index (χ4n) is 2.16. The highest BCUT2D eigenvalue weighted by Crippen LogP contribution is 2.36. The predicted molar refractivity (Wildman–Crippen MR) is 81.7 cm³/mol. The first-order valence-electron chi connectivity index (χ1n) is 6.28. The average Bonchev–Trinajstić information content (AvgIpc) is 2.82. The van der Waals surface area contributed by atoms with Crippen LogP contribution in [0.25, 0.3) is 0 Å². The van der Waals surface area contributed by atoms with E-state index in [0.717, 1.165) is 5.69 Å². The van der Waals surface area contributed by atoms with Gasteiger partial charge in [-0.25, -0.2) is 0 Å². The van der Waals surface area contributed by atoms with E-state index in [1.807, 2.05) is 18.5 Å². The number of nitrogens with zero attached hydrogens (tertiary/aromatic N) is 2. The molecule has 0 spiro atoms. The minimum absolute atomic E-state index is 0.154. The third kappa shape index (κ3) is 2.64. The topological polar surface area (TPSA) is 53.1 Å². The minimum atomic E-state index is -0.504. The fraction of sp³-hybridized carbons (Fsp3) is 0.357. The highest BCUT2D eigenvalue weighted by molar-refractivity contribution is 6.36. The highest BCUT2D eigenvalue weighted by Gasteiger charge is 2.25. The molecule has 108 valence electrons. The normalized spacial score (nSPS) is 12.8. The molecule has 2 rings (SSSR count). The monoisotopic (exact) mass is 313 g/mol. The van der Waals surface area contributed by atoms with Crippen molar-refractivity contribution in [1.82, 2.24) is 9.78 Å². The number of hydrogen-bond acceptors (Lipinski definition) is 3. The van der Waals surface area contributed by atoms with Gasteiger partial charge < -0.3 is 10.5 Å². The first kappa shape index (κ1) is 15.2. The second-order valence-corrected chi connectivity index (χ2v) is 5.56. The van der Waals surface area contributed by atoms with Crippen molar-refractivity contribution in [3.8, 4) is 5.75 Å². The molecule has 0 fully saturated rings. The largest absolute Gasteiger partial charge is 0.493 e. The van der Waals surface area contributed by atoms with Crippen molar-refractivity contribution in [2.45, 2.75) is 25.9 Å². The van der Waals surface area contributed by atoms with Crippen molar-refractivity contribution in [1.29, 1.82) is 0 Å². The third-order valence-corrected chi connectivity index (χ3v) is 3.77. The lowest BCUT2D eigenvalue weighted by Gasteiger charge is -2.20. The molecule has 0 saturated carbocycles. The van der Waals surface area contributed by atoms with Crippen LogP contribution in [0.4, 0.5) is 0 Å². The van der Waals surface area contributed by atoms with E-state index in [1.54, 1.807) is 31.5 Å². The van der Waals surface area contributed by atoms with Crippen LogP contribution in [-0.4, -0.2) is 16.9 Å². The summed E-state index contributed by atoms with van der Waals surface area (Å²) in [5.74, 6) is 0.627. The smallest absolute Gasteiger partial charge is 0.161 e. The number of hydrogen-bond donors (Lipinski definition) is 1. The Labute approximate surface area is 128 Å². The molecule has 0 aliphatic heterocycles. The molecule has 0 saturated heterocycles. The van der Waals surface area contributed by atoms with Gasteiger partial charge in [0, 0.05) is 21.7 Å². The number of halogens is 2. The summed E-state index contributed by atoms with van der Waals surface area (Å²) in [7, 11) is 1.59. The van der Waals surface area contributed by atoms with Crippen LogP contribution in [0.15, 0.2) is 24.4 Å². The highest BCUT2D eigenvalue weighted by atomic mass is 35.5. The second kappa shape index (κ2) is 6.04. The van der Waals surface area contributed by atoms with Crippen molar-refractivity contribution in [3.63, 3.8) is 0 Å². The van der Waals surface area contributed by atoms with Gasteiger partial charge in [-0.3, -0.25) is 4.68 Å². The van der Waals surface area contributed by atoms with Crippen LogP contribution >= 0.6 is 23.2 Å². The Bertz CT molecular complexity index is 590. The molecule has 0 aliphatic rings. The van der Waals surface area contributed by atoms with Crippen molar-refractivity contribution >= 4 is 23.2 Å². The minimum Gasteiger partial charge on any atom is -0.493 e. The average molecular weight is 314 g/mol. The van der Waals surface area contributed by atoms with E-state index in [1.165, 1.54) is 0 Å². The number of rotatable bonds is 4. The summed E-state index contributed by atoms with van der Waals surface area (Å²) in [5.41, 5.74) is 7.81. The first-order chi connectivity index (χ1) is 9.47. The van der Waals surface area contributed by atoms with E-state index < -0.39 is 6.04 Å².